The molecule has 1 aliphatic heterocycles. The number of hydrogen-bond donors (Lipinski definition) is 1. The van der Waals surface area contributed by atoms with Gasteiger partial charge in [0.25, 0.3) is 0 Å². The molecule has 1 aromatic heterocycles. The number of nitrogens with one attached hydrogen (secondary N) is 1. The van der Waals surface area contributed by atoms with Crippen LogP contribution in [0.15, 0.2) is 39.5 Å². The van der Waals surface area contributed by atoms with E-state index >= 15 is 0 Å². The molecule has 0 aliphatic carbocycles. The largest absolute Gasteiger partial charge is 0.448 e. The van der Waals surface area contributed by atoms with Crippen LogP contribution in [0.2, 0.25) is 0 Å². The van der Waals surface area contributed by atoms with Gasteiger partial charge in [-0.05, 0) is 81.1 Å². The normalized spacial score (nSPS) is 14.4. The van der Waals surface area contributed by atoms with Crippen LogP contribution in [-0.4, -0.2) is 35.7 Å². The van der Waals surface area contributed by atoms with E-state index in [-0.39, 0.29) is 0 Å². The predicted molar refractivity (Wildman–Crippen MR) is 130 cm³/mol. The van der Waals surface area contributed by atoms with Crippen molar-refractivity contribution in [2.45, 2.75) is 60.3 Å². The zero-order valence-electron chi connectivity index (χ0n) is 19.3. The molecule has 0 fully saturated rings. The molecule has 0 atom stereocenters. The molecule has 0 amide bonds. The Balaban J connectivity index is 1.76. The van der Waals surface area contributed by atoms with Crippen molar-refractivity contribution in [2.24, 2.45) is 4.40 Å². The Hall–Kier alpha value is -1.98. The van der Waals surface area contributed by atoms with Crippen LogP contribution in [0, 0.1) is 13.8 Å². The Bertz CT molecular complexity index is 942. The predicted octanol–water partition coefficient (Wildman–Crippen LogP) is 6.23. The van der Waals surface area contributed by atoms with E-state index in [1.807, 2.05) is 6.20 Å². The van der Waals surface area contributed by atoms with Crippen molar-refractivity contribution in [1.29, 1.82) is 0 Å². The first-order chi connectivity index (χ1) is 14.5. The van der Waals surface area contributed by atoms with Crippen molar-refractivity contribution in [3.8, 4) is 5.75 Å². The minimum atomic E-state index is 0.850. The minimum Gasteiger partial charge on any atom is -0.448 e. The third kappa shape index (κ3) is 5.19. The summed E-state index contributed by atoms with van der Waals surface area (Å²) in [5.74, 6) is 0.947. The molecule has 0 saturated heterocycles. The molecule has 0 bridgehead atoms. The lowest BCUT2D eigenvalue weighted by Gasteiger charge is -2.21. The van der Waals surface area contributed by atoms with Gasteiger partial charge in [-0.1, -0.05) is 26.8 Å². The van der Waals surface area contributed by atoms with Gasteiger partial charge in [-0.3, -0.25) is 0 Å². The summed E-state index contributed by atoms with van der Waals surface area (Å²) >= 11 is 1.48. The molecule has 0 saturated carbocycles. The van der Waals surface area contributed by atoms with Crippen LogP contribution in [0.5, 0.6) is 5.75 Å². The summed E-state index contributed by atoms with van der Waals surface area (Å²) in [7, 11) is 2.17. The zero-order valence-corrected chi connectivity index (χ0v) is 20.1. The van der Waals surface area contributed by atoms with Gasteiger partial charge in [0.15, 0.2) is 5.09 Å². The average Bonchev–Trinajstić information content (AvgIpc) is 3.23. The standard InChI is InChI=1S/C25H35N3OS/c1-7-19-16-23(21-10-12-26-22(21)8-2)27-30-25(19)29-24-15-17(4)20(14-18(24)5)11-13-28(6)9-3/h10,12,14-15,26H,7-9,11,13,16H2,1-6H3. The topological polar surface area (TPSA) is 40.6 Å². The molecule has 0 unspecified atom stereocenters. The first kappa shape index (κ1) is 22.7. The van der Waals surface area contributed by atoms with Gasteiger partial charge >= 0.3 is 0 Å². The van der Waals surface area contributed by atoms with Crippen molar-refractivity contribution in [1.82, 2.24) is 9.88 Å². The van der Waals surface area contributed by atoms with Crippen LogP contribution in [0.4, 0.5) is 0 Å². The number of likely N-dealkylation sites (N-methyl/N-ethyl adjacent to an activating group) is 1. The Kier molecular flexibility index (Phi) is 7.84. The lowest BCUT2D eigenvalue weighted by molar-refractivity contribution is 0.357. The summed E-state index contributed by atoms with van der Waals surface area (Å²) in [6, 6.07) is 6.62. The van der Waals surface area contributed by atoms with Gasteiger partial charge in [0, 0.05) is 42.4 Å². The third-order valence-corrected chi connectivity index (χ3v) is 6.82. The number of benzene rings is 1. The number of hydrogen-bond acceptors (Lipinski definition) is 4. The highest BCUT2D eigenvalue weighted by molar-refractivity contribution is 8.01. The van der Waals surface area contributed by atoms with Gasteiger partial charge in [-0.15, -0.1) is 0 Å². The summed E-state index contributed by atoms with van der Waals surface area (Å²) in [6.07, 6.45) is 5.88. The molecular weight excluding hydrogens is 390 g/mol. The van der Waals surface area contributed by atoms with Crippen LogP contribution >= 0.6 is 11.9 Å². The summed E-state index contributed by atoms with van der Waals surface area (Å²) in [5, 5.41) is 0.941. The second-order valence-electron chi connectivity index (χ2n) is 8.07. The molecule has 1 aromatic carbocycles. The first-order valence-electron chi connectivity index (χ1n) is 11.1. The van der Waals surface area contributed by atoms with Crippen molar-refractivity contribution < 1.29 is 4.74 Å². The second kappa shape index (κ2) is 10.4. The van der Waals surface area contributed by atoms with Crippen molar-refractivity contribution in [3.05, 3.63) is 63.0 Å². The first-order valence-corrected chi connectivity index (χ1v) is 11.8. The number of ether oxygens (including phenoxy) is 1. The van der Waals surface area contributed by atoms with Crippen LogP contribution in [-0.2, 0) is 12.8 Å². The van der Waals surface area contributed by atoms with E-state index in [4.69, 9.17) is 9.13 Å². The number of nitrogens with zero attached hydrogens (tertiary/aromatic N) is 2. The summed E-state index contributed by atoms with van der Waals surface area (Å²) in [4.78, 5) is 5.68. The molecule has 2 heterocycles. The molecular formula is C25H35N3OS. The quantitative estimate of drug-likeness (QED) is 0.484. The number of aromatic amines is 1. The van der Waals surface area contributed by atoms with Gasteiger partial charge in [0.1, 0.15) is 5.75 Å². The highest BCUT2D eigenvalue weighted by atomic mass is 32.2. The maximum Gasteiger partial charge on any atom is 0.182 e. The smallest absolute Gasteiger partial charge is 0.182 e. The lowest BCUT2D eigenvalue weighted by atomic mass is 10.0. The molecule has 0 spiro atoms. The fourth-order valence-corrected chi connectivity index (χ4v) is 4.57. The highest BCUT2D eigenvalue weighted by Gasteiger charge is 2.21. The van der Waals surface area contributed by atoms with Crippen LogP contribution in [0.25, 0.3) is 0 Å². The van der Waals surface area contributed by atoms with E-state index in [1.54, 1.807) is 0 Å². The molecule has 5 heteroatoms. The van der Waals surface area contributed by atoms with Gasteiger partial charge in [-0.25, -0.2) is 4.40 Å². The Morgan fingerprint density at radius 2 is 1.93 bits per heavy atom. The fraction of sp³-hybridized carbons (Fsp3) is 0.480. The minimum absolute atomic E-state index is 0.850. The van der Waals surface area contributed by atoms with Gasteiger partial charge in [0.05, 0.1) is 5.71 Å². The van der Waals surface area contributed by atoms with Crippen molar-refractivity contribution in [2.75, 3.05) is 20.1 Å². The number of rotatable bonds is 9. The summed E-state index contributed by atoms with van der Waals surface area (Å²) in [6.45, 7) is 13.1. The van der Waals surface area contributed by atoms with E-state index in [0.29, 0.717) is 0 Å². The highest BCUT2D eigenvalue weighted by Crippen LogP contribution is 2.36. The molecule has 30 heavy (non-hydrogen) atoms. The molecule has 1 aliphatic rings. The fourth-order valence-electron chi connectivity index (χ4n) is 3.74. The summed E-state index contributed by atoms with van der Waals surface area (Å²) in [5.41, 5.74) is 8.84. The van der Waals surface area contributed by atoms with E-state index in [9.17, 15) is 0 Å². The molecule has 3 rings (SSSR count). The maximum absolute atomic E-state index is 6.41. The van der Waals surface area contributed by atoms with Crippen LogP contribution in [0.3, 0.4) is 0 Å². The lowest BCUT2D eigenvalue weighted by Crippen LogP contribution is -2.20. The zero-order chi connectivity index (χ0) is 21.7. The van der Waals surface area contributed by atoms with Gasteiger partial charge in [-0.2, -0.15) is 0 Å². The average molecular weight is 426 g/mol. The summed E-state index contributed by atoms with van der Waals surface area (Å²) < 4.78 is 11.2. The monoisotopic (exact) mass is 425 g/mol. The van der Waals surface area contributed by atoms with E-state index in [1.165, 1.54) is 45.5 Å². The number of H-pyrrole nitrogens is 1. The molecule has 2 aromatic rings. The molecule has 1 N–H and O–H groups in total. The maximum atomic E-state index is 6.41. The Labute approximate surface area is 186 Å². The number of allylic oxidation sites excluding steroid dienone is 1. The molecule has 162 valence electrons. The van der Waals surface area contributed by atoms with E-state index in [2.05, 4.69) is 69.7 Å². The molecule has 4 nitrogen and oxygen atoms in total. The molecule has 0 radical (unpaired) electrons. The van der Waals surface area contributed by atoms with Crippen LogP contribution < -0.4 is 4.74 Å². The SMILES string of the molecule is CCC1=C(Oc2cc(C)c(CCN(C)CC)cc2C)SN=C(c2cc[nH]c2CC)C1. The van der Waals surface area contributed by atoms with Crippen molar-refractivity contribution >= 4 is 17.7 Å². The van der Waals surface area contributed by atoms with Gasteiger partial charge < -0.3 is 14.6 Å². The number of aromatic nitrogens is 1. The number of aryl methyl sites for hydroxylation is 3. The third-order valence-electron chi connectivity index (χ3n) is 5.97. The van der Waals surface area contributed by atoms with E-state index < -0.39 is 0 Å². The van der Waals surface area contributed by atoms with Gasteiger partial charge in [0.2, 0.25) is 0 Å². The Morgan fingerprint density at radius 3 is 2.63 bits per heavy atom. The van der Waals surface area contributed by atoms with E-state index in [0.717, 1.165) is 55.3 Å². The Morgan fingerprint density at radius 1 is 1.13 bits per heavy atom. The van der Waals surface area contributed by atoms with Crippen molar-refractivity contribution in [3.63, 3.8) is 0 Å². The van der Waals surface area contributed by atoms with Crippen LogP contribution in [0.1, 0.15) is 61.6 Å². The second-order valence-corrected chi connectivity index (χ2v) is 8.80.